The summed E-state index contributed by atoms with van der Waals surface area (Å²) in [6.07, 6.45) is 2.89. The molecule has 94 valence electrons. The van der Waals surface area contributed by atoms with E-state index < -0.39 is 11.5 Å². The van der Waals surface area contributed by atoms with E-state index in [4.69, 9.17) is 11.5 Å². The summed E-state index contributed by atoms with van der Waals surface area (Å²) in [6, 6.07) is 0. The largest absolute Gasteiger partial charge is 0.479 e. The molecule has 0 aromatic carbocycles. The third kappa shape index (κ3) is 3.12. The molecule has 0 saturated heterocycles. The lowest BCUT2D eigenvalue weighted by Crippen LogP contribution is -2.46. The Bertz CT molecular complexity index is 262. The molecular weight excluding hydrogens is 206 g/mol. The number of nitrogens with zero attached hydrogens (tertiary/aromatic N) is 1. The topological polar surface area (TPSA) is 102 Å². The molecule has 0 fully saturated rings. The summed E-state index contributed by atoms with van der Waals surface area (Å²) in [6.45, 7) is 5.80. The molecular formula is C11H23N3O2. The number of guanidine groups is 1. The van der Waals surface area contributed by atoms with E-state index in [1.165, 1.54) is 0 Å². The lowest BCUT2D eigenvalue weighted by molar-refractivity contribution is -0.145. The molecule has 5 N–H and O–H groups in total. The minimum absolute atomic E-state index is 0.0258. The maximum absolute atomic E-state index is 11.4. The fraction of sp³-hybridized carbons (Fsp3) is 0.818. The Morgan fingerprint density at radius 2 is 1.94 bits per heavy atom. The van der Waals surface area contributed by atoms with Gasteiger partial charge >= 0.3 is 5.97 Å². The molecule has 0 aromatic heterocycles. The zero-order valence-corrected chi connectivity index (χ0v) is 10.4. The highest BCUT2D eigenvalue weighted by Crippen LogP contribution is 2.32. The maximum atomic E-state index is 11.4. The van der Waals surface area contributed by atoms with Crippen molar-refractivity contribution in [1.82, 2.24) is 0 Å². The Labute approximate surface area is 96.9 Å². The number of hydrogen-bond donors (Lipinski definition) is 3. The van der Waals surface area contributed by atoms with Crippen molar-refractivity contribution < 1.29 is 9.90 Å². The summed E-state index contributed by atoms with van der Waals surface area (Å²) in [5.74, 6) is -1.12. The van der Waals surface area contributed by atoms with E-state index in [2.05, 4.69) is 4.99 Å². The van der Waals surface area contributed by atoms with Gasteiger partial charge in [0, 0.05) is 0 Å². The lowest BCUT2D eigenvalue weighted by Gasteiger charge is -2.32. The van der Waals surface area contributed by atoms with E-state index >= 15 is 0 Å². The Morgan fingerprint density at radius 1 is 1.38 bits per heavy atom. The molecule has 0 aliphatic heterocycles. The summed E-state index contributed by atoms with van der Waals surface area (Å²) in [5, 5.41) is 9.38. The van der Waals surface area contributed by atoms with Gasteiger partial charge in [0.1, 0.15) is 0 Å². The SMILES string of the molecule is CCCC(CC)C(CC)(N=C(N)N)C(=O)O. The highest BCUT2D eigenvalue weighted by molar-refractivity contribution is 5.85. The minimum atomic E-state index is -1.16. The molecule has 16 heavy (non-hydrogen) atoms. The molecule has 5 nitrogen and oxygen atoms in total. The summed E-state index contributed by atoms with van der Waals surface area (Å²) in [5.41, 5.74) is 9.53. The van der Waals surface area contributed by atoms with Crippen LogP contribution in [0.1, 0.15) is 46.5 Å². The van der Waals surface area contributed by atoms with Crippen LogP contribution in [0.3, 0.4) is 0 Å². The third-order valence-corrected chi connectivity index (χ3v) is 3.04. The highest BCUT2D eigenvalue weighted by Gasteiger charge is 2.43. The monoisotopic (exact) mass is 229 g/mol. The predicted octanol–water partition coefficient (Wildman–Crippen LogP) is 1.32. The number of carboxylic acids is 1. The fourth-order valence-electron chi connectivity index (χ4n) is 2.19. The van der Waals surface area contributed by atoms with Crippen LogP contribution in [-0.4, -0.2) is 22.6 Å². The first kappa shape index (κ1) is 14.7. The van der Waals surface area contributed by atoms with Crippen LogP contribution in [0.5, 0.6) is 0 Å². The molecule has 0 aliphatic rings. The summed E-state index contributed by atoms with van der Waals surface area (Å²) >= 11 is 0. The van der Waals surface area contributed by atoms with E-state index in [1.807, 2.05) is 13.8 Å². The van der Waals surface area contributed by atoms with Crippen molar-refractivity contribution in [1.29, 1.82) is 0 Å². The van der Waals surface area contributed by atoms with Crippen molar-refractivity contribution in [2.75, 3.05) is 0 Å². The molecule has 0 heterocycles. The summed E-state index contributed by atoms with van der Waals surface area (Å²) in [4.78, 5) is 15.4. The molecule has 0 spiro atoms. The second kappa shape index (κ2) is 6.35. The van der Waals surface area contributed by atoms with Gasteiger partial charge in [0.15, 0.2) is 11.5 Å². The first-order valence-corrected chi connectivity index (χ1v) is 5.78. The van der Waals surface area contributed by atoms with Gasteiger partial charge in [0.05, 0.1) is 0 Å². The van der Waals surface area contributed by atoms with Gasteiger partial charge in [-0.3, -0.25) is 0 Å². The molecule has 2 atom stereocenters. The Hall–Kier alpha value is -1.26. The zero-order chi connectivity index (χ0) is 12.8. The van der Waals surface area contributed by atoms with Gasteiger partial charge in [0.25, 0.3) is 0 Å². The van der Waals surface area contributed by atoms with Crippen LogP contribution >= 0.6 is 0 Å². The fourth-order valence-corrected chi connectivity index (χ4v) is 2.19. The smallest absolute Gasteiger partial charge is 0.332 e. The molecule has 0 aromatic rings. The molecule has 0 saturated carbocycles. The van der Waals surface area contributed by atoms with Gasteiger partial charge in [-0.25, -0.2) is 9.79 Å². The quantitative estimate of drug-likeness (QED) is 0.452. The molecule has 0 amide bonds. The average Bonchev–Trinajstić information content (AvgIpc) is 2.22. The number of carbonyl (C=O) groups is 1. The van der Waals surface area contributed by atoms with Gasteiger partial charge in [-0.2, -0.15) is 0 Å². The van der Waals surface area contributed by atoms with Gasteiger partial charge in [0.2, 0.25) is 0 Å². The number of aliphatic imine (C=N–C) groups is 1. The van der Waals surface area contributed by atoms with Gasteiger partial charge in [-0.1, -0.05) is 33.6 Å². The standard InChI is InChI=1S/C11H23N3O2/c1-4-7-8(5-2)11(6-3,9(15)16)14-10(12)13/h8H,4-7H2,1-3H3,(H,15,16)(H4,12,13,14). The number of carboxylic acid groups (broad SMARTS) is 1. The van der Waals surface area contributed by atoms with Crippen LogP contribution in [0.15, 0.2) is 4.99 Å². The van der Waals surface area contributed by atoms with Gasteiger partial charge in [-0.05, 0) is 18.8 Å². The molecule has 2 unspecified atom stereocenters. The number of rotatable bonds is 7. The van der Waals surface area contributed by atoms with Crippen LogP contribution in [0, 0.1) is 5.92 Å². The van der Waals surface area contributed by atoms with Crippen LogP contribution in [0.4, 0.5) is 0 Å². The summed E-state index contributed by atoms with van der Waals surface area (Å²) < 4.78 is 0. The minimum Gasteiger partial charge on any atom is -0.479 e. The lowest BCUT2D eigenvalue weighted by atomic mass is 9.78. The zero-order valence-electron chi connectivity index (χ0n) is 10.4. The van der Waals surface area contributed by atoms with Gasteiger partial charge in [-0.15, -0.1) is 0 Å². The van der Waals surface area contributed by atoms with Crippen molar-refractivity contribution in [3.05, 3.63) is 0 Å². The Balaban J connectivity index is 5.32. The van der Waals surface area contributed by atoms with Crippen LogP contribution < -0.4 is 11.5 Å². The molecule has 0 bridgehead atoms. The number of nitrogens with two attached hydrogens (primary N) is 2. The highest BCUT2D eigenvalue weighted by atomic mass is 16.4. The predicted molar refractivity (Wildman–Crippen MR) is 65.2 cm³/mol. The van der Waals surface area contributed by atoms with Crippen LogP contribution in [-0.2, 0) is 4.79 Å². The van der Waals surface area contributed by atoms with Crippen LogP contribution in [0.25, 0.3) is 0 Å². The average molecular weight is 229 g/mol. The molecule has 0 aliphatic carbocycles. The molecule has 5 heteroatoms. The first-order chi connectivity index (χ1) is 7.44. The second-order valence-electron chi connectivity index (χ2n) is 4.01. The van der Waals surface area contributed by atoms with Crippen molar-refractivity contribution in [2.45, 2.75) is 52.0 Å². The normalized spacial score (nSPS) is 16.2. The van der Waals surface area contributed by atoms with Crippen molar-refractivity contribution in [2.24, 2.45) is 22.4 Å². The maximum Gasteiger partial charge on any atom is 0.332 e. The van der Waals surface area contributed by atoms with E-state index in [1.54, 1.807) is 6.92 Å². The molecule has 0 radical (unpaired) electrons. The van der Waals surface area contributed by atoms with Crippen LogP contribution in [0.2, 0.25) is 0 Å². The first-order valence-electron chi connectivity index (χ1n) is 5.78. The van der Waals surface area contributed by atoms with E-state index in [0.717, 1.165) is 19.3 Å². The van der Waals surface area contributed by atoms with Crippen molar-refractivity contribution in [3.8, 4) is 0 Å². The van der Waals surface area contributed by atoms with Gasteiger partial charge < -0.3 is 16.6 Å². The summed E-state index contributed by atoms with van der Waals surface area (Å²) in [7, 11) is 0. The van der Waals surface area contributed by atoms with Crippen molar-refractivity contribution >= 4 is 11.9 Å². The van der Waals surface area contributed by atoms with E-state index in [9.17, 15) is 9.90 Å². The van der Waals surface area contributed by atoms with Crippen molar-refractivity contribution in [3.63, 3.8) is 0 Å². The Kier molecular flexibility index (Phi) is 5.85. The van der Waals surface area contributed by atoms with E-state index in [0.29, 0.717) is 6.42 Å². The van der Waals surface area contributed by atoms with E-state index in [-0.39, 0.29) is 11.9 Å². The second-order valence-corrected chi connectivity index (χ2v) is 4.01. The third-order valence-electron chi connectivity index (χ3n) is 3.04. The Morgan fingerprint density at radius 3 is 2.19 bits per heavy atom. The number of hydrogen-bond acceptors (Lipinski definition) is 2. The molecule has 0 rings (SSSR count). The number of aliphatic carboxylic acids is 1.